The fourth-order valence-corrected chi connectivity index (χ4v) is 4.70. The van der Waals surface area contributed by atoms with Gasteiger partial charge in [0.15, 0.2) is 0 Å². The van der Waals surface area contributed by atoms with Gasteiger partial charge in [0, 0.05) is 25.7 Å². The molecule has 136 valence electrons. The summed E-state index contributed by atoms with van der Waals surface area (Å²) in [5.41, 5.74) is 0.00778. The maximum atomic E-state index is 13.0. The number of sulfonamides is 2. The van der Waals surface area contributed by atoms with Crippen molar-refractivity contribution in [1.82, 2.24) is 9.62 Å². The molecule has 0 bridgehead atoms. The highest BCUT2D eigenvalue weighted by atomic mass is 32.2. The number of benzene rings is 1. The second kappa shape index (κ2) is 7.68. The van der Waals surface area contributed by atoms with E-state index in [1.807, 2.05) is 0 Å². The zero-order valence-electron chi connectivity index (χ0n) is 13.8. The summed E-state index contributed by atoms with van der Waals surface area (Å²) in [4.78, 5) is -0.0674. The van der Waals surface area contributed by atoms with Crippen molar-refractivity contribution in [2.75, 3.05) is 43.8 Å². The number of hydrogen-bond acceptors (Lipinski definition) is 6. The van der Waals surface area contributed by atoms with E-state index in [0.717, 1.165) is 6.54 Å². The zero-order valence-corrected chi connectivity index (χ0v) is 15.4. The first-order valence-electron chi connectivity index (χ1n) is 7.69. The van der Waals surface area contributed by atoms with E-state index >= 15 is 0 Å². The van der Waals surface area contributed by atoms with Crippen molar-refractivity contribution in [3.8, 4) is 5.75 Å². The van der Waals surface area contributed by atoms with Crippen molar-refractivity contribution < 1.29 is 21.6 Å². The van der Waals surface area contributed by atoms with Crippen molar-refractivity contribution in [3.05, 3.63) is 18.2 Å². The van der Waals surface area contributed by atoms with Crippen LogP contribution in [0.25, 0.3) is 0 Å². The van der Waals surface area contributed by atoms with Gasteiger partial charge in [-0.15, -0.1) is 0 Å². The Morgan fingerprint density at radius 3 is 2.62 bits per heavy atom. The molecule has 8 nitrogen and oxygen atoms in total. The maximum Gasteiger partial charge on any atom is 0.245 e. The molecular weight excluding hydrogens is 354 g/mol. The van der Waals surface area contributed by atoms with Crippen LogP contribution < -0.4 is 14.8 Å². The molecule has 10 heteroatoms. The van der Waals surface area contributed by atoms with E-state index in [-0.39, 0.29) is 16.3 Å². The first kappa shape index (κ1) is 19.0. The maximum absolute atomic E-state index is 13.0. The highest BCUT2D eigenvalue weighted by Crippen LogP contribution is 2.30. The number of rotatable bonds is 6. The molecule has 0 amide bonds. The SMILES string of the molecule is CCS(=O)(=O)Nc1cc(OC)ccc1S(=O)(=O)N1CCCNCC1. The first-order valence-corrected chi connectivity index (χ1v) is 10.8. The Morgan fingerprint density at radius 1 is 1.21 bits per heavy atom. The molecule has 2 N–H and O–H groups in total. The Hall–Kier alpha value is -1.36. The minimum Gasteiger partial charge on any atom is -0.497 e. The molecule has 1 aromatic rings. The summed E-state index contributed by atoms with van der Waals surface area (Å²) >= 11 is 0. The summed E-state index contributed by atoms with van der Waals surface area (Å²) in [6.07, 6.45) is 0.700. The highest BCUT2D eigenvalue weighted by Gasteiger charge is 2.29. The molecular formula is C14H23N3O5S2. The van der Waals surface area contributed by atoms with E-state index in [0.29, 0.717) is 31.8 Å². The monoisotopic (exact) mass is 377 g/mol. The van der Waals surface area contributed by atoms with Gasteiger partial charge in [0.1, 0.15) is 10.6 Å². The number of ether oxygens (including phenoxy) is 1. The van der Waals surface area contributed by atoms with E-state index in [9.17, 15) is 16.8 Å². The molecule has 1 fully saturated rings. The number of nitrogens with zero attached hydrogens (tertiary/aromatic N) is 1. The summed E-state index contributed by atoms with van der Waals surface area (Å²) < 4.78 is 58.5. The van der Waals surface area contributed by atoms with Gasteiger partial charge < -0.3 is 10.1 Å². The third kappa shape index (κ3) is 4.38. The van der Waals surface area contributed by atoms with Gasteiger partial charge in [0.05, 0.1) is 18.6 Å². The Morgan fingerprint density at radius 2 is 1.96 bits per heavy atom. The van der Waals surface area contributed by atoms with Crippen LogP contribution in [0.4, 0.5) is 5.69 Å². The van der Waals surface area contributed by atoms with E-state index in [4.69, 9.17) is 4.74 Å². The Bertz CT molecular complexity index is 770. The van der Waals surface area contributed by atoms with Crippen molar-refractivity contribution >= 4 is 25.7 Å². The largest absolute Gasteiger partial charge is 0.497 e. The minimum absolute atomic E-state index is 0.00778. The van der Waals surface area contributed by atoms with Crippen LogP contribution in [-0.2, 0) is 20.0 Å². The van der Waals surface area contributed by atoms with Gasteiger partial charge in [-0.25, -0.2) is 16.8 Å². The standard InChI is InChI=1S/C14H23N3O5S2/c1-3-23(18,19)16-13-11-12(22-2)5-6-14(13)24(20,21)17-9-4-7-15-8-10-17/h5-6,11,15-16H,3-4,7-10H2,1-2H3. The first-order chi connectivity index (χ1) is 11.3. The molecule has 0 radical (unpaired) electrons. The van der Waals surface area contributed by atoms with Gasteiger partial charge in [-0.3, -0.25) is 4.72 Å². The predicted molar refractivity (Wildman–Crippen MR) is 92.3 cm³/mol. The second-order valence-electron chi connectivity index (χ2n) is 5.38. The molecule has 1 aliphatic rings. The number of nitrogens with one attached hydrogen (secondary N) is 2. The van der Waals surface area contributed by atoms with Gasteiger partial charge in [0.2, 0.25) is 20.0 Å². The second-order valence-corrected chi connectivity index (χ2v) is 9.29. The molecule has 0 aromatic heterocycles. The van der Waals surface area contributed by atoms with Gasteiger partial charge in [-0.05, 0) is 32.0 Å². The fraction of sp³-hybridized carbons (Fsp3) is 0.571. The molecule has 0 spiro atoms. The average molecular weight is 377 g/mol. The predicted octanol–water partition coefficient (Wildman–Crippen LogP) is 0.441. The molecule has 1 aliphatic heterocycles. The molecule has 0 atom stereocenters. The van der Waals surface area contributed by atoms with Gasteiger partial charge in [-0.2, -0.15) is 4.31 Å². The third-order valence-electron chi connectivity index (χ3n) is 3.75. The number of hydrogen-bond donors (Lipinski definition) is 2. The number of anilines is 1. The lowest BCUT2D eigenvalue weighted by Crippen LogP contribution is -2.34. The van der Waals surface area contributed by atoms with E-state index in [2.05, 4.69) is 10.0 Å². The smallest absolute Gasteiger partial charge is 0.245 e. The van der Waals surface area contributed by atoms with E-state index in [1.54, 1.807) is 0 Å². The molecule has 1 saturated heterocycles. The minimum atomic E-state index is -3.81. The Balaban J connectivity index is 2.47. The average Bonchev–Trinajstić information content (AvgIpc) is 2.84. The Labute approximate surface area is 143 Å². The topological polar surface area (TPSA) is 105 Å². The lowest BCUT2D eigenvalue weighted by atomic mass is 10.3. The van der Waals surface area contributed by atoms with Crippen LogP contribution in [0.3, 0.4) is 0 Å². The third-order valence-corrected chi connectivity index (χ3v) is 7.00. The normalized spacial score (nSPS) is 17.2. The highest BCUT2D eigenvalue weighted by molar-refractivity contribution is 7.93. The molecule has 1 heterocycles. The van der Waals surface area contributed by atoms with E-state index < -0.39 is 20.0 Å². The van der Waals surface area contributed by atoms with Crippen LogP contribution in [0.1, 0.15) is 13.3 Å². The summed E-state index contributed by atoms with van der Waals surface area (Å²) in [5.74, 6) is 0.220. The molecule has 0 saturated carbocycles. The summed E-state index contributed by atoms with van der Waals surface area (Å²) in [5, 5.41) is 3.14. The van der Waals surface area contributed by atoms with Crippen molar-refractivity contribution in [1.29, 1.82) is 0 Å². The lowest BCUT2D eigenvalue weighted by molar-refractivity contribution is 0.414. The van der Waals surface area contributed by atoms with Crippen molar-refractivity contribution in [2.24, 2.45) is 0 Å². The molecule has 2 rings (SSSR count). The molecule has 24 heavy (non-hydrogen) atoms. The van der Waals surface area contributed by atoms with Gasteiger partial charge in [0.25, 0.3) is 0 Å². The summed E-state index contributed by atoms with van der Waals surface area (Å²) in [7, 11) is -6.00. The molecule has 0 aliphatic carbocycles. The summed E-state index contributed by atoms with van der Waals surface area (Å²) in [6, 6.07) is 4.27. The van der Waals surface area contributed by atoms with Gasteiger partial charge in [-0.1, -0.05) is 0 Å². The van der Waals surface area contributed by atoms with Crippen LogP contribution in [0.5, 0.6) is 5.75 Å². The van der Waals surface area contributed by atoms with Crippen molar-refractivity contribution in [2.45, 2.75) is 18.2 Å². The van der Waals surface area contributed by atoms with Crippen LogP contribution in [-0.4, -0.2) is 60.2 Å². The van der Waals surface area contributed by atoms with Crippen molar-refractivity contribution in [3.63, 3.8) is 0 Å². The van der Waals surface area contributed by atoms with Crippen LogP contribution >= 0.6 is 0 Å². The molecule has 1 aromatic carbocycles. The molecule has 0 unspecified atom stereocenters. The van der Waals surface area contributed by atoms with Crippen LogP contribution in [0.15, 0.2) is 23.1 Å². The Kier molecular flexibility index (Phi) is 6.07. The van der Waals surface area contributed by atoms with E-state index in [1.165, 1.54) is 36.5 Å². The zero-order chi connectivity index (χ0) is 17.8. The van der Waals surface area contributed by atoms with Crippen LogP contribution in [0.2, 0.25) is 0 Å². The lowest BCUT2D eigenvalue weighted by Gasteiger charge is -2.22. The van der Waals surface area contributed by atoms with Gasteiger partial charge >= 0.3 is 0 Å². The quantitative estimate of drug-likeness (QED) is 0.745. The van der Waals surface area contributed by atoms with Crippen LogP contribution in [0, 0.1) is 0 Å². The summed E-state index contributed by atoms with van der Waals surface area (Å²) in [6.45, 7) is 3.53. The fourth-order valence-electron chi connectivity index (χ4n) is 2.38. The number of methoxy groups -OCH3 is 1.